The van der Waals surface area contributed by atoms with Gasteiger partial charge in [0.25, 0.3) is 0 Å². The van der Waals surface area contributed by atoms with Crippen molar-refractivity contribution in [3.63, 3.8) is 0 Å². The SMILES string of the molecule is CS(=O)c1cccc2c3c([nH]c12)C1Oc2c(O)ccc4c2C12CCN(CC1CC1)C(C4)C2(O)C3. The topological polar surface area (TPSA) is 85.8 Å². The molecule has 3 heterocycles. The molecular formula is C27H28N2O4S. The Hall–Kier alpha value is -2.35. The van der Waals surface area contributed by atoms with E-state index in [4.69, 9.17) is 4.74 Å². The number of nitrogens with one attached hydrogen (secondary N) is 1. The maximum absolute atomic E-state index is 12.8. The van der Waals surface area contributed by atoms with Gasteiger partial charge in [-0.2, -0.15) is 0 Å². The molecule has 34 heavy (non-hydrogen) atoms. The Balaban J connectivity index is 1.42. The van der Waals surface area contributed by atoms with Crippen molar-refractivity contribution in [2.24, 2.45) is 5.92 Å². The van der Waals surface area contributed by atoms with E-state index >= 15 is 0 Å². The van der Waals surface area contributed by atoms with Gasteiger partial charge < -0.3 is 19.9 Å². The van der Waals surface area contributed by atoms with Gasteiger partial charge in [0.15, 0.2) is 17.6 Å². The average Bonchev–Trinajstić information content (AvgIpc) is 3.44. The first kappa shape index (κ1) is 19.9. The molecule has 7 heteroatoms. The Morgan fingerprint density at radius 2 is 2.12 bits per heavy atom. The molecule has 1 saturated carbocycles. The van der Waals surface area contributed by atoms with Crippen LogP contribution in [0.15, 0.2) is 35.2 Å². The van der Waals surface area contributed by atoms with Crippen LogP contribution in [-0.4, -0.2) is 55.3 Å². The molecule has 3 aromatic rings. The number of aromatic hydroxyl groups is 1. The number of para-hydroxylation sites is 1. The minimum absolute atomic E-state index is 0.0116. The van der Waals surface area contributed by atoms with E-state index in [1.165, 1.54) is 18.4 Å². The highest BCUT2D eigenvalue weighted by Gasteiger charge is 2.72. The van der Waals surface area contributed by atoms with Crippen molar-refractivity contribution in [3.05, 3.63) is 52.7 Å². The molecule has 3 aliphatic carbocycles. The summed E-state index contributed by atoms with van der Waals surface area (Å²) in [5.41, 5.74) is 3.53. The first-order valence-corrected chi connectivity index (χ1v) is 13.9. The molecule has 5 atom stereocenters. The number of benzene rings is 2. The number of H-pyrrole nitrogens is 1. The van der Waals surface area contributed by atoms with E-state index < -0.39 is 27.9 Å². The fourth-order valence-corrected chi connectivity index (χ4v) is 8.58. The van der Waals surface area contributed by atoms with Gasteiger partial charge in [0.05, 0.1) is 37.9 Å². The second-order valence-electron chi connectivity index (χ2n) is 11.1. The molecular weight excluding hydrogens is 448 g/mol. The van der Waals surface area contributed by atoms with E-state index in [1.807, 2.05) is 18.2 Å². The monoisotopic (exact) mass is 476 g/mol. The van der Waals surface area contributed by atoms with Gasteiger partial charge in [-0.25, -0.2) is 0 Å². The summed E-state index contributed by atoms with van der Waals surface area (Å²) in [7, 11) is -1.14. The van der Waals surface area contributed by atoms with Crippen molar-refractivity contribution in [1.82, 2.24) is 9.88 Å². The second-order valence-corrected chi connectivity index (χ2v) is 12.4. The highest BCUT2D eigenvalue weighted by Crippen LogP contribution is 2.69. The predicted molar refractivity (Wildman–Crippen MR) is 129 cm³/mol. The first-order chi connectivity index (χ1) is 16.4. The van der Waals surface area contributed by atoms with Crippen LogP contribution in [0.2, 0.25) is 0 Å². The van der Waals surface area contributed by atoms with Gasteiger partial charge in [-0.3, -0.25) is 9.11 Å². The quantitative estimate of drug-likeness (QED) is 0.540. The Labute approximate surface area is 200 Å². The van der Waals surface area contributed by atoms with Gasteiger partial charge in [-0.1, -0.05) is 18.2 Å². The molecule has 2 fully saturated rings. The maximum atomic E-state index is 12.8. The summed E-state index contributed by atoms with van der Waals surface area (Å²) < 4.78 is 19.1. The summed E-state index contributed by atoms with van der Waals surface area (Å²) in [5.74, 6) is 1.44. The molecule has 0 radical (unpaired) electrons. The third-order valence-corrected chi connectivity index (χ3v) is 10.4. The number of hydrogen-bond acceptors (Lipinski definition) is 5. The van der Waals surface area contributed by atoms with Crippen LogP contribution in [-0.2, 0) is 29.1 Å². The lowest BCUT2D eigenvalue weighted by Crippen LogP contribution is -2.74. The van der Waals surface area contributed by atoms with Gasteiger partial charge in [-0.15, -0.1) is 0 Å². The summed E-state index contributed by atoms with van der Waals surface area (Å²) in [6.07, 6.45) is 5.97. The smallest absolute Gasteiger partial charge is 0.166 e. The zero-order valence-electron chi connectivity index (χ0n) is 19.1. The number of aromatic nitrogens is 1. The minimum Gasteiger partial charge on any atom is -0.504 e. The molecule has 2 aromatic carbocycles. The first-order valence-electron chi connectivity index (χ1n) is 12.4. The Morgan fingerprint density at radius 1 is 1.26 bits per heavy atom. The number of aromatic amines is 1. The lowest BCUT2D eigenvalue weighted by Gasteiger charge is -2.62. The third-order valence-electron chi connectivity index (χ3n) is 9.47. The number of rotatable bonds is 3. The normalized spacial score (nSPS) is 33.9. The number of phenolic OH excluding ortho intramolecular Hbond substituents is 1. The number of likely N-dealkylation sites (tertiary alicyclic amines) is 1. The Morgan fingerprint density at radius 3 is 2.91 bits per heavy atom. The standard InChI is InChI=1S/C27H28N2O4S/c1-34(32)19-4-2-3-16-17-12-27(31)20-11-15-7-8-18(30)24-21(15)26(27,9-10-29(20)13-14-5-6-14)25(33-24)23(17)28-22(16)19/h2-4,7-8,14,20,25,28,30-31H,5-6,9-13H2,1H3. The number of fused-ring (bicyclic) bond motifs is 4. The molecule has 6 nitrogen and oxygen atoms in total. The fraction of sp³-hybridized carbons (Fsp3) is 0.481. The summed E-state index contributed by atoms with van der Waals surface area (Å²) in [5, 5.41) is 24.7. The summed E-state index contributed by atoms with van der Waals surface area (Å²) in [6, 6.07) is 9.72. The van der Waals surface area contributed by atoms with Gasteiger partial charge >= 0.3 is 0 Å². The van der Waals surface area contributed by atoms with E-state index in [0.717, 1.165) is 64.5 Å². The van der Waals surface area contributed by atoms with E-state index in [2.05, 4.69) is 16.0 Å². The van der Waals surface area contributed by atoms with Gasteiger partial charge in [0.2, 0.25) is 0 Å². The van der Waals surface area contributed by atoms with Crippen molar-refractivity contribution in [1.29, 1.82) is 0 Å². The van der Waals surface area contributed by atoms with E-state index in [1.54, 1.807) is 12.3 Å². The molecule has 1 aromatic heterocycles. The highest BCUT2D eigenvalue weighted by atomic mass is 32.2. The molecule has 2 bridgehead atoms. The van der Waals surface area contributed by atoms with Crippen LogP contribution in [0.25, 0.3) is 10.9 Å². The third kappa shape index (κ3) is 2.18. The molecule has 2 aliphatic heterocycles. The predicted octanol–water partition coefficient (Wildman–Crippen LogP) is 3.31. The minimum atomic E-state index is -1.14. The molecule has 176 valence electrons. The Bertz CT molecular complexity index is 1430. The molecule has 1 spiro atoms. The highest BCUT2D eigenvalue weighted by molar-refractivity contribution is 7.84. The lowest BCUT2D eigenvalue weighted by atomic mass is 9.49. The van der Waals surface area contributed by atoms with E-state index in [-0.39, 0.29) is 11.8 Å². The van der Waals surface area contributed by atoms with Crippen LogP contribution in [0.1, 0.15) is 47.8 Å². The van der Waals surface area contributed by atoms with Gasteiger partial charge in [-0.05, 0) is 61.4 Å². The number of hydrogen-bond donors (Lipinski definition) is 3. The molecule has 1 saturated heterocycles. The van der Waals surface area contributed by atoms with Crippen molar-refractivity contribution < 1.29 is 19.2 Å². The van der Waals surface area contributed by atoms with Gasteiger partial charge in [0.1, 0.15) is 0 Å². The second kappa shape index (κ2) is 6.25. The summed E-state index contributed by atoms with van der Waals surface area (Å²) in [4.78, 5) is 6.92. The molecule has 0 amide bonds. The number of ether oxygens (including phenoxy) is 1. The van der Waals surface area contributed by atoms with Crippen molar-refractivity contribution in [2.75, 3.05) is 19.3 Å². The zero-order chi connectivity index (χ0) is 23.0. The van der Waals surface area contributed by atoms with Gasteiger partial charge in [0, 0.05) is 36.2 Å². The summed E-state index contributed by atoms with van der Waals surface area (Å²) in [6.45, 7) is 1.98. The van der Waals surface area contributed by atoms with Crippen molar-refractivity contribution in [3.8, 4) is 11.5 Å². The van der Waals surface area contributed by atoms with Crippen LogP contribution in [0.5, 0.6) is 11.5 Å². The largest absolute Gasteiger partial charge is 0.504 e. The van der Waals surface area contributed by atoms with Crippen LogP contribution < -0.4 is 4.74 Å². The molecule has 5 unspecified atom stereocenters. The van der Waals surface area contributed by atoms with E-state index in [0.29, 0.717) is 12.2 Å². The van der Waals surface area contributed by atoms with Crippen molar-refractivity contribution in [2.45, 2.75) is 60.2 Å². The average molecular weight is 477 g/mol. The van der Waals surface area contributed by atoms with E-state index in [9.17, 15) is 14.4 Å². The Kier molecular flexibility index (Phi) is 3.66. The molecule has 8 rings (SSSR count). The number of phenols is 1. The van der Waals surface area contributed by atoms with Crippen LogP contribution >= 0.6 is 0 Å². The number of nitrogens with zero attached hydrogens (tertiary/aromatic N) is 1. The number of piperidine rings is 1. The van der Waals surface area contributed by atoms with Crippen LogP contribution in [0, 0.1) is 5.92 Å². The summed E-state index contributed by atoms with van der Waals surface area (Å²) >= 11 is 0. The zero-order valence-corrected chi connectivity index (χ0v) is 20.0. The number of aliphatic hydroxyl groups is 1. The lowest BCUT2D eigenvalue weighted by molar-refractivity contribution is -0.173. The maximum Gasteiger partial charge on any atom is 0.166 e. The van der Waals surface area contributed by atoms with Crippen LogP contribution in [0.4, 0.5) is 0 Å². The molecule has 5 aliphatic rings. The van der Waals surface area contributed by atoms with Crippen LogP contribution in [0.3, 0.4) is 0 Å². The van der Waals surface area contributed by atoms with Crippen molar-refractivity contribution >= 4 is 21.7 Å². The molecule has 3 N–H and O–H groups in total. The fourth-order valence-electron chi connectivity index (χ4n) is 7.86.